The molecule has 0 aromatic heterocycles. The minimum atomic E-state index is -4.17. The first-order valence-electron chi connectivity index (χ1n) is 7.07. The molecule has 2 aromatic rings. The first-order chi connectivity index (χ1) is 11.2. The van der Waals surface area contributed by atoms with Crippen molar-refractivity contribution in [2.75, 3.05) is 0 Å². The largest absolute Gasteiger partial charge is 0.465 e. The number of hydrogen-bond acceptors (Lipinski definition) is 5. The van der Waals surface area contributed by atoms with Crippen molar-refractivity contribution in [2.24, 2.45) is 0 Å². The average molecular weight is 391 g/mol. The molecule has 0 saturated heterocycles. The first kappa shape index (κ1) is 18.9. The molecule has 0 bridgehead atoms. The van der Waals surface area contributed by atoms with E-state index in [1.165, 1.54) is 30.3 Å². The summed E-state index contributed by atoms with van der Waals surface area (Å²) in [4.78, 5) is -0.228. The lowest BCUT2D eigenvalue weighted by Crippen LogP contribution is -2.14. The van der Waals surface area contributed by atoms with E-state index >= 15 is 0 Å². The third-order valence-electron chi connectivity index (χ3n) is 3.01. The quantitative estimate of drug-likeness (QED) is 0.591. The Hall–Kier alpha value is -1.47. The van der Waals surface area contributed by atoms with Crippen molar-refractivity contribution in [3.8, 4) is 11.5 Å². The molecule has 1 N–H and O–H groups in total. The number of benzene rings is 2. The molecule has 0 amide bonds. The molecule has 1 unspecified atom stereocenters. The second-order valence-electron chi connectivity index (χ2n) is 5.07. The Morgan fingerprint density at radius 1 is 1.12 bits per heavy atom. The molecule has 2 aromatic carbocycles. The van der Waals surface area contributed by atoms with Crippen molar-refractivity contribution in [3.63, 3.8) is 0 Å². The second kappa shape index (κ2) is 7.61. The standard InChI is InChI=1S/C16H16Cl2O5S/c1-3-16(19)22-12-6-10(2)7-13(9-12)23-24(20,21)15-8-11(17)4-5-14(15)18/h4-9,16,19H,3H2,1-2H3. The van der Waals surface area contributed by atoms with Crippen molar-refractivity contribution < 1.29 is 22.4 Å². The van der Waals surface area contributed by atoms with Crippen LogP contribution >= 0.6 is 23.2 Å². The fourth-order valence-electron chi connectivity index (χ4n) is 1.91. The number of halogens is 2. The van der Waals surface area contributed by atoms with Crippen molar-refractivity contribution in [3.05, 3.63) is 52.0 Å². The van der Waals surface area contributed by atoms with E-state index in [9.17, 15) is 13.5 Å². The molecule has 8 heteroatoms. The van der Waals surface area contributed by atoms with E-state index < -0.39 is 16.4 Å². The fourth-order valence-corrected chi connectivity index (χ4v) is 3.57. The summed E-state index contributed by atoms with van der Waals surface area (Å²) in [5.74, 6) is 0.344. The van der Waals surface area contributed by atoms with Gasteiger partial charge in [-0.3, -0.25) is 0 Å². The average Bonchev–Trinajstić information content (AvgIpc) is 2.48. The van der Waals surface area contributed by atoms with Gasteiger partial charge in [-0.1, -0.05) is 30.1 Å². The highest BCUT2D eigenvalue weighted by Gasteiger charge is 2.21. The van der Waals surface area contributed by atoms with Gasteiger partial charge in [-0.25, -0.2) is 0 Å². The fraction of sp³-hybridized carbons (Fsp3) is 0.250. The summed E-state index contributed by atoms with van der Waals surface area (Å²) in [5.41, 5.74) is 0.707. The molecule has 0 radical (unpaired) electrons. The van der Waals surface area contributed by atoms with Crippen LogP contribution in [-0.2, 0) is 10.1 Å². The summed E-state index contributed by atoms with van der Waals surface area (Å²) in [7, 11) is -4.17. The number of aliphatic hydroxyl groups excluding tert-OH is 1. The van der Waals surface area contributed by atoms with Gasteiger partial charge in [-0.2, -0.15) is 8.42 Å². The smallest absolute Gasteiger partial charge is 0.340 e. The topological polar surface area (TPSA) is 72.8 Å². The summed E-state index contributed by atoms with van der Waals surface area (Å²) in [5, 5.41) is 9.78. The van der Waals surface area contributed by atoms with Crippen molar-refractivity contribution in [2.45, 2.75) is 31.5 Å². The Balaban J connectivity index is 2.34. The van der Waals surface area contributed by atoms with Crippen LogP contribution < -0.4 is 8.92 Å². The first-order valence-corrected chi connectivity index (χ1v) is 9.23. The normalized spacial score (nSPS) is 12.7. The van der Waals surface area contributed by atoms with Crippen LogP contribution in [0.5, 0.6) is 11.5 Å². The maximum Gasteiger partial charge on any atom is 0.340 e. The predicted molar refractivity (Wildman–Crippen MR) is 92.4 cm³/mol. The molecule has 24 heavy (non-hydrogen) atoms. The van der Waals surface area contributed by atoms with Gasteiger partial charge in [0.2, 0.25) is 0 Å². The highest BCUT2D eigenvalue weighted by Crippen LogP contribution is 2.30. The molecule has 0 aliphatic carbocycles. The van der Waals surface area contributed by atoms with Gasteiger partial charge in [0.15, 0.2) is 6.29 Å². The van der Waals surface area contributed by atoms with Crippen LogP contribution in [0.1, 0.15) is 18.9 Å². The van der Waals surface area contributed by atoms with E-state index in [-0.39, 0.29) is 20.7 Å². The number of aliphatic hydroxyl groups is 1. The Labute approximate surface area is 150 Å². The van der Waals surface area contributed by atoms with E-state index in [1.54, 1.807) is 19.9 Å². The number of aryl methyl sites for hydroxylation is 1. The SMILES string of the molecule is CCC(O)Oc1cc(C)cc(OS(=O)(=O)c2cc(Cl)ccc2Cl)c1. The zero-order valence-electron chi connectivity index (χ0n) is 13.0. The van der Waals surface area contributed by atoms with E-state index in [1.807, 2.05) is 0 Å². The van der Waals surface area contributed by atoms with Crippen molar-refractivity contribution >= 4 is 33.3 Å². The van der Waals surface area contributed by atoms with Crippen LogP contribution in [0, 0.1) is 6.92 Å². The lowest BCUT2D eigenvalue weighted by molar-refractivity contribution is -0.0192. The minimum absolute atomic E-state index is 0.00457. The summed E-state index contributed by atoms with van der Waals surface area (Å²) >= 11 is 11.7. The van der Waals surface area contributed by atoms with Gasteiger partial charge in [0.1, 0.15) is 16.4 Å². The van der Waals surface area contributed by atoms with Gasteiger partial charge in [-0.05, 0) is 42.8 Å². The molecular weight excluding hydrogens is 375 g/mol. The zero-order chi connectivity index (χ0) is 17.9. The number of hydrogen-bond donors (Lipinski definition) is 1. The molecule has 5 nitrogen and oxygen atoms in total. The molecule has 0 aliphatic rings. The van der Waals surface area contributed by atoms with Gasteiger partial charge >= 0.3 is 10.1 Å². The highest BCUT2D eigenvalue weighted by atomic mass is 35.5. The molecular formula is C16H16Cl2O5S. The van der Waals surface area contributed by atoms with Crippen LogP contribution in [0.15, 0.2) is 41.3 Å². The molecule has 0 saturated carbocycles. The second-order valence-corrected chi connectivity index (χ2v) is 7.43. The van der Waals surface area contributed by atoms with Crippen LogP contribution in [0.3, 0.4) is 0 Å². The van der Waals surface area contributed by atoms with E-state index in [2.05, 4.69) is 0 Å². The lowest BCUT2D eigenvalue weighted by Gasteiger charge is -2.14. The molecule has 2 rings (SSSR count). The zero-order valence-corrected chi connectivity index (χ0v) is 15.3. The maximum atomic E-state index is 12.4. The third-order valence-corrected chi connectivity index (χ3v) is 4.98. The van der Waals surface area contributed by atoms with Gasteiger partial charge in [-0.15, -0.1) is 0 Å². The molecule has 0 aliphatic heterocycles. The summed E-state index contributed by atoms with van der Waals surface area (Å²) in [6.45, 7) is 3.50. The summed E-state index contributed by atoms with van der Waals surface area (Å²) in [6, 6.07) is 8.64. The Morgan fingerprint density at radius 2 is 1.79 bits per heavy atom. The van der Waals surface area contributed by atoms with Crippen LogP contribution in [0.25, 0.3) is 0 Å². The third kappa shape index (κ3) is 4.77. The maximum absolute atomic E-state index is 12.4. The molecule has 0 heterocycles. The Kier molecular flexibility index (Phi) is 5.98. The van der Waals surface area contributed by atoms with Gasteiger partial charge in [0.05, 0.1) is 5.02 Å². The van der Waals surface area contributed by atoms with Crippen LogP contribution in [0.2, 0.25) is 10.0 Å². The summed E-state index contributed by atoms with van der Waals surface area (Å²) in [6.07, 6.45) is -0.598. The van der Waals surface area contributed by atoms with Crippen molar-refractivity contribution in [1.82, 2.24) is 0 Å². The van der Waals surface area contributed by atoms with Crippen LogP contribution in [-0.4, -0.2) is 19.8 Å². The Morgan fingerprint density at radius 3 is 2.46 bits per heavy atom. The number of ether oxygens (including phenoxy) is 1. The highest BCUT2D eigenvalue weighted by molar-refractivity contribution is 7.87. The van der Waals surface area contributed by atoms with Gasteiger partial charge in [0.25, 0.3) is 0 Å². The predicted octanol–water partition coefficient (Wildman–Crippen LogP) is 4.18. The minimum Gasteiger partial charge on any atom is -0.465 e. The lowest BCUT2D eigenvalue weighted by atomic mass is 10.2. The monoisotopic (exact) mass is 390 g/mol. The van der Waals surface area contributed by atoms with Crippen LogP contribution in [0.4, 0.5) is 0 Å². The molecule has 0 fully saturated rings. The van der Waals surface area contributed by atoms with Gasteiger partial charge in [0, 0.05) is 17.5 Å². The summed E-state index contributed by atoms with van der Waals surface area (Å²) < 4.78 is 35.2. The molecule has 130 valence electrons. The molecule has 0 spiro atoms. The van der Waals surface area contributed by atoms with E-state index in [0.29, 0.717) is 17.7 Å². The molecule has 1 atom stereocenters. The Bertz CT molecular complexity index is 836. The van der Waals surface area contributed by atoms with Crippen molar-refractivity contribution in [1.29, 1.82) is 0 Å². The van der Waals surface area contributed by atoms with Gasteiger partial charge < -0.3 is 14.0 Å². The number of rotatable bonds is 6. The van der Waals surface area contributed by atoms with E-state index in [4.69, 9.17) is 32.1 Å². The van der Waals surface area contributed by atoms with E-state index in [0.717, 1.165) is 0 Å².